The lowest BCUT2D eigenvalue weighted by atomic mass is 9.83. The summed E-state index contributed by atoms with van der Waals surface area (Å²) in [5, 5.41) is 6.69. The van der Waals surface area contributed by atoms with Crippen LogP contribution in [0.1, 0.15) is 37.8 Å². The van der Waals surface area contributed by atoms with Crippen molar-refractivity contribution in [1.29, 1.82) is 0 Å². The summed E-state index contributed by atoms with van der Waals surface area (Å²) >= 11 is 7.79. The normalized spacial score (nSPS) is 23.0. The average Bonchev–Trinajstić information content (AvgIpc) is 3.15. The molecule has 0 aliphatic carbocycles. The molecule has 27 heavy (non-hydrogen) atoms. The van der Waals surface area contributed by atoms with E-state index in [2.05, 4.69) is 15.2 Å². The topological polar surface area (TPSA) is 45.2 Å². The molecule has 4 rings (SSSR count). The Morgan fingerprint density at radius 2 is 2.07 bits per heavy atom. The summed E-state index contributed by atoms with van der Waals surface area (Å²) in [5.41, 5.74) is 1.74. The van der Waals surface area contributed by atoms with Crippen LogP contribution in [0.5, 0.6) is 0 Å². The molecule has 0 spiro atoms. The number of carbonyl (C=O) groups excluding carboxylic acids is 1. The lowest BCUT2D eigenvalue weighted by Gasteiger charge is -2.44. The zero-order valence-electron chi connectivity index (χ0n) is 15.5. The molecular formula is C21H26ClN3OS. The molecule has 0 unspecified atom stereocenters. The monoisotopic (exact) mass is 403 g/mol. The Bertz CT molecular complexity index is 791. The van der Waals surface area contributed by atoms with Crippen LogP contribution >= 0.6 is 22.9 Å². The molecule has 0 bridgehead atoms. The fourth-order valence-corrected chi connectivity index (χ4v) is 5.57. The summed E-state index contributed by atoms with van der Waals surface area (Å²) in [4.78, 5) is 19.7. The van der Waals surface area contributed by atoms with Crippen LogP contribution in [-0.4, -0.2) is 41.5 Å². The Labute approximate surface area is 169 Å². The minimum atomic E-state index is 0.0685. The predicted molar refractivity (Wildman–Crippen MR) is 111 cm³/mol. The Hall–Kier alpha value is -1.43. The number of nitrogens with zero attached hydrogens (tertiary/aromatic N) is 2. The first-order valence-electron chi connectivity index (χ1n) is 9.91. The van der Waals surface area contributed by atoms with Crippen molar-refractivity contribution < 1.29 is 4.79 Å². The van der Waals surface area contributed by atoms with Crippen molar-refractivity contribution in [3.05, 3.63) is 40.4 Å². The molecule has 2 aliphatic heterocycles. The van der Waals surface area contributed by atoms with Crippen LogP contribution in [0.2, 0.25) is 5.02 Å². The number of halogens is 1. The van der Waals surface area contributed by atoms with Crippen molar-refractivity contribution in [2.45, 2.75) is 44.6 Å². The lowest BCUT2D eigenvalue weighted by molar-refractivity contribution is -0.120. The van der Waals surface area contributed by atoms with Gasteiger partial charge in [-0.25, -0.2) is 4.98 Å². The summed E-state index contributed by atoms with van der Waals surface area (Å²) in [6.45, 7) is 3.26. The van der Waals surface area contributed by atoms with Crippen molar-refractivity contribution in [3.8, 4) is 10.6 Å². The van der Waals surface area contributed by atoms with Gasteiger partial charge in [0.05, 0.1) is 17.1 Å². The highest BCUT2D eigenvalue weighted by Gasteiger charge is 2.32. The number of piperidine rings is 2. The largest absolute Gasteiger partial charge is 0.355 e. The van der Waals surface area contributed by atoms with Crippen molar-refractivity contribution in [1.82, 2.24) is 15.2 Å². The molecule has 1 N–H and O–H groups in total. The number of hydrogen-bond acceptors (Lipinski definition) is 4. The van der Waals surface area contributed by atoms with Gasteiger partial charge < -0.3 is 10.2 Å². The third-order valence-corrected chi connectivity index (χ3v) is 7.04. The van der Waals surface area contributed by atoms with Gasteiger partial charge >= 0.3 is 0 Å². The van der Waals surface area contributed by atoms with Crippen molar-refractivity contribution in [2.24, 2.45) is 5.92 Å². The molecule has 2 fully saturated rings. The maximum Gasteiger partial charge on any atom is 0.226 e. The van der Waals surface area contributed by atoms with Gasteiger partial charge in [0.15, 0.2) is 0 Å². The quantitative estimate of drug-likeness (QED) is 0.805. The first-order chi connectivity index (χ1) is 13.2. The number of hydrogen-bond donors (Lipinski definition) is 1. The Morgan fingerprint density at radius 1 is 1.22 bits per heavy atom. The number of benzene rings is 1. The fraction of sp³-hybridized carbons (Fsp3) is 0.524. The van der Waals surface area contributed by atoms with Crippen LogP contribution in [0.4, 0.5) is 0 Å². The number of fused-ring (bicyclic) bond motifs is 1. The van der Waals surface area contributed by atoms with Crippen LogP contribution in [0, 0.1) is 5.92 Å². The van der Waals surface area contributed by atoms with Gasteiger partial charge in [0.25, 0.3) is 0 Å². The summed E-state index contributed by atoms with van der Waals surface area (Å²) < 4.78 is 0. The van der Waals surface area contributed by atoms with Crippen LogP contribution in [0.25, 0.3) is 10.6 Å². The van der Waals surface area contributed by atoms with Gasteiger partial charge in [-0.2, -0.15) is 0 Å². The molecule has 6 heteroatoms. The molecule has 4 nitrogen and oxygen atoms in total. The number of rotatable bonds is 5. The number of carbonyl (C=O) groups is 1. The second-order valence-electron chi connectivity index (χ2n) is 7.61. The van der Waals surface area contributed by atoms with Crippen molar-refractivity contribution in [2.75, 3.05) is 19.6 Å². The minimum Gasteiger partial charge on any atom is -0.355 e. The number of aromatic nitrogens is 1. The highest BCUT2D eigenvalue weighted by atomic mass is 35.5. The molecular weight excluding hydrogens is 378 g/mol. The van der Waals surface area contributed by atoms with Crippen LogP contribution in [0.15, 0.2) is 29.6 Å². The van der Waals surface area contributed by atoms with E-state index in [1.54, 1.807) is 0 Å². The Kier molecular flexibility index (Phi) is 6.11. The number of thiazole rings is 1. The SMILES string of the molecule is O=C(Cc1csc(-c2ccccc2Cl)n1)NC[C@H]1CCCN2CCCC[C@H]12. The maximum atomic E-state index is 12.4. The van der Waals surface area contributed by atoms with Crippen LogP contribution < -0.4 is 5.32 Å². The maximum absolute atomic E-state index is 12.4. The summed E-state index contributed by atoms with van der Waals surface area (Å²) in [6, 6.07) is 8.35. The molecule has 2 atom stereocenters. The van der Waals surface area contributed by atoms with Gasteiger partial charge in [0.1, 0.15) is 5.01 Å². The van der Waals surface area contributed by atoms with Gasteiger partial charge in [0.2, 0.25) is 5.91 Å². The smallest absolute Gasteiger partial charge is 0.226 e. The summed E-state index contributed by atoms with van der Waals surface area (Å²) in [5.74, 6) is 0.663. The minimum absolute atomic E-state index is 0.0685. The van der Waals surface area contributed by atoms with E-state index in [1.165, 1.54) is 56.5 Å². The highest BCUT2D eigenvalue weighted by Crippen LogP contribution is 2.31. The van der Waals surface area contributed by atoms with Crippen LogP contribution in [0.3, 0.4) is 0 Å². The van der Waals surface area contributed by atoms with Gasteiger partial charge in [-0.05, 0) is 50.8 Å². The van der Waals surface area contributed by atoms with Crippen molar-refractivity contribution in [3.63, 3.8) is 0 Å². The molecule has 0 radical (unpaired) electrons. The van der Waals surface area contributed by atoms with Gasteiger partial charge in [-0.1, -0.05) is 36.2 Å². The van der Waals surface area contributed by atoms with E-state index >= 15 is 0 Å². The molecule has 2 saturated heterocycles. The zero-order chi connectivity index (χ0) is 18.6. The molecule has 2 aromatic rings. The molecule has 1 aromatic carbocycles. The lowest BCUT2D eigenvalue weighted by Crippen LogP contribution is -2.51. The second-order valence-corrected chi connectivity index (χ2v) is 8.87. The first kappa shape index (κ1) is 18.9. The van der Waals surface area contributed by atoms with Crippen molar-refractivity contribution >= 4 is 28.8 Å². The number of amides is 1. The predicted octanol–water partition coefficient (Wildman–Crippen LogP) is 4.39. The second kappa shape index (κ2) is 8.72. The molecule has 1 aromatic heterocycles. The van der Waals surface area contributed by atoms with E-state index in [0.717, 1.165) is 22.8 Å². The summed E-state index contributed by atoms with van der Waals surface area (Å²) in [6.07, 6.45) is 6.76. The molecule has 144 valence electrons. The van der Waals surface area contributed by atoms with E-state index in [9.17, 15) is 4.79 Å². The van der Waals surface area contributed by atoms with Gasteiger partial charge in [-0.3, -0.25) is 4.79 Å². The molecule has 1 amide bonds. The fourth-order valence-electron chi connectivity index (χ4n) is 4.43. The summed E-state index contributed by atoms with van der Waals surface area (Å²) in [7, 11) is 0. The zero-order valence-corrected chi connectivity index (χ0v) is 17.1. The molecule has 0 saturated carbocycles. The van der Waals surface area contributed by atoms with E-state index in [1.807, 2.05) is 29.6 Å². The Balaban J connectivity index is 1.31. The van der Waals surface area contributed by atoms with E-state index < -0.39 is 0 Å². The third kappa shape index (κ3) is 4.53. The van der Waals surface area contributed by atoms with E-state index in [-0.39, 0.29) is 5.91 Å². The van der Waals surface area contributed by atoms with E-state index in [4.69, 9.17) is 11.6 Å². The average molecular weight is 404 g/mol. The third-order valence-electron chi connectivity index (χ3n) is 5.79. The van der Waals surface area contributed by atoms with Gasteiger partial charge in [-0.15, -0.1) is 11.3 Å². The van der Waals surface area contributed by atoms with E-state index in [0.29, 0.717) is 23.4 Å². The number of nitrogens with one attached hydrogen (secondary N) is 1. The Morgan fingerprint density at radius 3 is 2.96 bits per heavy atom. The highest BCUT2D eigenvalue weighted by molar-refractivity contribution is 7.13. The first-order valence-corrected chi connectivity index (χ1v) is 11.2. The standard InChI is InChI=1S/C21H26ClN3OS/c22-18-8-2-1-7-17(18)21-24-16(14-27-21)12-20(26)23-13-15-6-5-11-25-10-4-3-9-19(15)25/h1-2,7-8,14-15,19H,3-6,9-13H2,(H,23,26)/t15-,19-/m1/s1. The molecule has 3 heterocycles. The molecule has 2 aliphatic rings. The van der Waals surface area contributed by atoms with Crippen LogP contribution in [-0.2, 0) is 11.2 Å². The van der Waals surface area contributed by atoms with Gasteiger partial charge in [0, 0.05) is 23.5 Å².